The van der Waals surface area contributed by atoms with Crippen LogP contribution in [0.4, 0.5) is 14.5 Å². The monoisotopic (exact) mass is 410 g/mol. The molecule has 0 saturated carbocycles. The summed E-state index contributed by atoms with van der Waals surface area (Å²) in [5.41, 5.74) is 4.02. The van der Waals surface area contributed by atoms with E-state index < -0.39 is 34.0 Å². The van der Waals surface area contributed by atoms with Gasteiger partial charge in [-0.2, -0.15) is 0 Å². The standard InChI is InChI=1S/C12H6ClF2IN2O2/c13-7-9(17)8(15)10(18-11(7)12(19)20)4-1-2-6(16)5(14)3-4/h1-3H,(H2,17,18)(H,19,20). The van der Waals surface area contributed by atoms with E-state index in [1.165, 1.54) is 12.1 Å². The average molecular weight is 411 g/mol. The molecule has 0 bridgehead atoms. The van der Waals surface area contributed by atoms with Gasteiger partial charge in [-0.25, -0.2) is 18.6 Å². The van der Waals surface area contributed by atoms with Crippen LogP contribution in [0.2, 0.25) is 5.02 Å². The van der Waals surface area contributed by atoms with E-state index in [1.54, 1.807) is 22.6 Å². The third-order valence-corrected chi connectivity index (χ3v) is 3.77. The maximum Gasteiger partial charge on any atom is 0.356 e. The van der Waals surface area contributed by atoms with Crippen LogP contribution in [-0.2, 0) is 0 Å². The number of anilines is 1. The predicted molar refractivity (Wildman–Crippen MR) is 78.7 cm³/mol. The third kappa shape index (κ3) is 2.55. The van der Waals surface area contributed by atoms with Crippen LogP contribution in [-0.4, -0.2) is 16.1 Å². The Hall–Kier alpha value is -1.48. The molecule has 8 heteroatoms. The lowest BCUT2D eigenvalue weighted by atomic mass is 10.1. The van der Waals surface area contributed by atoms with Crippen LogP contribution in [0.15, 0.2) is 18.2 Å². The van der Waals surface area contributed by atoms with E-state index in [9.17, 15) is 13.6 Å². The second-order valence-corrected chi connectivity index (χ2v) is 5.32. The molecule has 0 amide bonds. The molecule has 104 valence electrons. The van der Waals surface area contributed by atoms with E-state index in [1.807, 2.05) is 0 Å². The molecule has 3 N–H and O–H groups in total. The van der Waals surface area contributed by atoms with Crippen molar-refractivity contribution in [2.24, 2.45) is 0 Å². The van der Waals surface area contributed by atoms with Crippen molar-refractivity contribution in [1.29, 1.82) is 0 Å². The molecular weight excluding hydrogens is 404 g/mol. The number of aromatic nitrogens is 1. The quantitative estimate of drug-likeness (QED) is 0.742. The minimum Gasteiger partial charge on any atom is -0.476 e. The van der Waals surface area contributed by atoms with Crippen molar-refractivity contribution in [3.8, 4) is 11.3 Å². The van der Waals surface area contributed by atoms with Crippen molar-refractivity contribution in [2.45, 2.75) is 0 Å². The molecule has 2 rings (SSSR count). The fraction of sp³-hybridized carbons (Fsp3) is 0. The van der Waals surface area contributed by atoms with Crippen molar-refractivity contribution in [1.82, 2.24) is 4.98 Å². The smallest absolute Gasteiger partial charge is 0.356 e. The highest BCUT2D eigenvalue weighted by Crippen LogP contribution is 2.32. The summed E-state index contributed by atoms with van der Waals surface area (Å²) in [4.78, 5) is 14.6. The zero-order valence-electron chi connectivity index (χ0n) is 9.62. The minimum absolute atomic E-state index is 0.0753. The molecule has 0 aliphatic heterocycles. The maximum absolute atomic E-state index is 14.0. The number of benzene rings is 1. The molecule has 0 spiro atoms. The van der Waals surface area contributed by atoms with Gasteiger partial charge in [-0.1, -0.05) is 17.7 Å². The molecule has 4 nitrogen and oxygen atoms in total. The molecule has 1 heterocycles. The first-order chi connectivity index (χ1) is 9.32. The molecule has 1 aromatic carbocycles. The highest BCUT2D eigenvalue weighted by atomic mass is 127. The molecule has 0 unspecified atom stereocenters. The number of nitrogens with two attached hydrogens (primary N) is 1. The summed E-state index contributed by atoms with van der Waals surface area (Å²) in [5, 5.41) is 8.47. The van der Waals surface area contributed by atoms with E-state index >= 15 is 0 Å². The van der Waals surface area contributed by atoms with Gasteiger partial charge in [0.15, 0.2) is 11.5 Å². The number of hydrogen-bond acceptors (Lipinski definition) is 3. The topological polar surface area (TPSA) is 76.2 Å². The van der Waals surface area contributed by atoms with Crippen LogP contribution in [0.3, 0.4) is 0 Å². The van der Waals surface area contributed by atoms with Crippen molar-refractivity contribution in [2.75, 3.05) is 5.73 Å². The molecular formula is C12H6ClF2IN2O2. The molecule has 0 fully saturated rings. The first-order valence-corrected chi connectivity index (χ1v) is 6.61. The average Bonchev–Trinajstić information content (AvgIpc) is 2.39. The first-order valence-electron chi connectivity index (χ1n) is 5.16. The normalized spacial score (nSPS) is 10.6. The lowest BCUT2D eigenvalue weighted by Gasteiger charge is -2.09. The van der Waals surface area contributed by atoms with E-state index in [0.29, 0.717) is 3.57 Å². The van der Waals surface area contributed by atoms with Gasteiger partial charge in [-0.15, -0.1) is 0 Å². The van der Waals surface area contributed by atoms with E-state index in [-0.39, 0.29) is 11.3 Å². The highest BCUT2D eigenvalue weighted by molar-refractivity contribution is 14.1. The Morgan fingerprint density at radius 3 is 2.60 bits per heavy atom. The largest absolute Gasteiger partial charge is 0.476 e. The lowest BCUT2D eigenvalue weighted by Crippen LogP contribution is -2.08. The number of nitrogens with zero attached hydrogens (tertiary/aromatic N) is 1. The molecule has 20 heavy (non-hydrogen) atoms. The van der Waals surface area contributed by atoms with Gasteiger partial charge in [0, 0.05) is 9.13 Å². The summed E-state index contributed by atoms with van der Waals surface area (Å²) in [6.45, 7) is 0. The molecule has 0 radical (unpaired) electrons. The number of carboxylic acid groups (broad SMARTS) is 1. The molecule has 0 aliphatic carbocycles. The van der Waals surface area contributed by atoms with Gasteiger partial charge in [-0.3, -0.25) is 0 Å². The Labute approximate surface area is 130 Å². The number of carbonyl (C=O) groups is 1. The van der Waals surface area contributed by atoms with Gasteiger partial charge in [0.25, 0.3) is 0 Å². The second kappa shape index (κ2) is 5.49. The molecule has 0 saturated heterocycles. The second-order valence-electron chi connectivity index (χ2n) is 3.78. The minimum atomic E-state index is -1.45. The van der Waals surface area contributed by atoms with Gasteiger partial charge >= 0.3 is 5.97 Å². The highest BCUT2D eigenvalue weighted by Gasteiger charge is 2.22. The van der Waals surface area contributed by atoms with Crippen LogP contribution in [0.25, 0.3) is 11.3 Å². The van der Waals surface area contributed by atoms with Gasteiger partial charge in [-0.05, 0) is 34.7 Å². The Morgan fingerprint density at radius 2 is 2.05 bits per heavy atom. The number of carboxylic acids is 1. The number of halogens is 4. The maximum atomic E-state index is 14.0. The summed E-state index contributed by atoms with van der Waals surface area (Å²) < 4.78 is 27.9. The van der Waals surface area contributed by atoms with Crippen LogP contribution in [0, 0.1) is 15.2 Å². The van der Waals surface area contributed by atoms with Gasteiger partial charge in [0.05, 0.1) is 10.7 Å². The van der Waals surface area contributed by atoms with E-state index in [0.717, 1.165) is 6.07 Å². The third-order valence-electron chi connectivity index (χ3n) is 2.51. The molecule has 1 aromatic heterocycles. The summed E-state index contributed by atoms with van der Waals surface area (Å²) in [6, 6.07) is 3.87. The van der Waals surface area contributed by atoms with E-state index in [4.69, 9.17) is 22.4 Å². The van der Waals surface area contributed by atoms with Crippen molar-refractivity contribution >= 4 is 45.8 Å². The molecule has 0 aliphatic rings. The number of nitrogen functional groups attached to an aromatic ring is 1. The Kier molecular flexibility index (Phi) is 4.09. The molecule has 2 aromatic rings. The predicted octanol–water partition coefficient (Wildman–Crippen LogP) is 3.57. The summed E-state index contributed by atoms with van der Waals surface area (Å²) in [7, 11) is 0. The van der Waals surface area contributed by atoms with Crippen LogP contribution < -0.4 is 5.73 Å². The number of pyridine rings is 1. The van der Waals surface area contributed by atoms with Crippen molar-refractivity contribution in [3.05, 3.63) is 44.1 Å². The molecule has 0 atom stereocenters. The number of hydrogen-bond donors (Lipinski definition) is 2. The Bertz CT molecular complexity index is 725. The van der Waals surface area contributed by atoms with Crippen LogP contribution in [0.1, 0.15) is 10.5 Å². The van der Waals surface area contributed by atoms with Crippen molar-refractivity contribution in [3.63, 3.8) is 0 Å². The summed E-state index contributed by atoms with van der Waals surface area (Å²) in [5.74, 6) is -3.01. The zero-order valence-corrected chi connectivity index (χ0v) is 12.5. The van der Waals surface area contributed by atoms with Crippen molar-refractivity contribution < 1.29 is 18.7 Å². The lowest BCUT2D eigenvalue weighted by molar-refractivity contribution is 0.0691. The summed E-state index contributed by atoms with van der Waals surface area (Å²) in [6.07, 6.45) is 0. The van der Waals surface area contributed by atoms with Gasteiger partial charge in [0.1, 0.15) is 11.5 Å². The fourth-order valence-electron chi connectivity index (χ4n) is 1.54. The number of aromatic carboxylic acids is 1. The SMILES string of the molecule is Nc1c(F)c(-c2ccc(I)c(F)c2)nc(C(=O)O)c1Cl. The Balaban J connectivity index is 2.73. The van der Waals surface area contributed by atoms with Crippen LogP contribution >= 0.6 is 34.2 Å². The first kappa shape index (κ1) is 14.9. The van der Waals surface area contributed by atoms with Gasteiger partial charge in [0.2, 0.25) is 0 Å². The number of rotatable bonds is 2. The van der Waals surface area contributed by atoms with E-state index in [2.05, 4.69) is 4.98 Å². The zero-order chi connectivity index (χ0) is 15.0. The van der Waals surface area contributed by atoms with Crippen LogP contribution in [0.5, 0.6) is 0 Å². The Morgan fingerprint density at radius 1 is 1.40 bits per heavy atom. The van der Waals surface area contributed by atoms with Gasteiger partial charge < -0.3 is 10.8 Å². The fourth-order valence-corrected chi connectivity index (χ4v) is 2.08. The summed E-state index contributed by atoms with van der Waals surface area (Å²) >= 11 is 7.40.